The third-order valence-electron chi connectivity index (χ3n) is 3.22. The van der Waals surface area contributed by atoms with Gasteiger partial charge in [0, 0.05) is 13.7 Å². The highest BCUT2D eigenvalue weighted by molar-refractivity contribution is 7.92. The van der Waals surface area contributed by atoms with Gasteiger partial charge in [-0.15, -0.1) is 0 Å². The van der Waals surface area contributed by atoms with Crippen molar-refractivity contribution >= 4 is 15.7 Å². The maximum atomic E-state index is 12.8. The van der Waals surface area contributed by atoms with Gasteiger partial charge in [-0.25, -0.2) is 8.42 Å². The second kappa shape index (κ2) is 6.81. The SMILES string of the molecule is CCN(c1ccc(O)cc1)S(=O)(=O)c1cccc(COC)c1. The van der Waals surface area contributed by atoms with Gasteiger partial charge in [0.05, 0.1) is 17.2 Å². The largest absolute Gasteiger partial charge is 0.508 e. The summed E-state index contributed by atoms with van der Waals surface area (Å²) in [7, 11) is -2.10. The minimum atomic E-state index is -3.66. The number of benzene rings is 2. The van der Waals surface area contributed by atoms with Crippen molar-refractivity contribution in [2.75, 3.05) is 18.0 Å². The molecule has 118 valence electrons. The summed E-state index contributed by atoms with van der Waals surface area (Å²) in [6.07, 6.45) is 0. The predicted molar refractivity (Wildman–Crippen MR) is 85.5 cm³/mol. The van der Waals surface area contributed by atoms with Crippen LogP contribution in [0.3, 0.4) is 0 Å². The first kappa shape index (κ1) is 16.3. The predicted octanol–water partition coefficient (Wildman–Crippen LogP) is 2.75. The fraction of sp³-hybridized carbons (Fsp3) is 0.250. The highest BCUT2D eigenvalue weighted by atomic mass is 32.2. The molecule has 0 aromatic heterocycles. The van der Waals surface area contributed by atoms with Gasteiger partial charge in [0.2, 0.25) is 0 Å². The molecule has 0 amide bonds. The molecule has 5 nitrogen and oxygen atoms in total. The molecular weight excluding hydrogens is 302 g/mol. The summed E-state index contributed by atoms with van der Waals surface area (Å²) < 4.78 is 32.0. The van der Waals surface area contributed by atoms with E-state index < -0.39 is 10.0 Å². The zero-order valence-electron chi connectivity index (χ0n) is 12.6. The number of sulfonamides is 1. The van der Waals surface area contributed by atoms with Crippen LogP contribution in [-0.4, -0.2) is 27.2 Å². The lowest BCUT2D eigenvalue weighted by Gasteiger charge is -2.23. The quantitative estimate of drug-likeness (QED) is 0.888. The molecule has 0 bridgehead atoms. The first-order valence-electron chi connectivity index (χ1n) is 6.88. The third kappa shape index (κ3) is 3.40. The molecule has 0 atom stereocenters. The zero-order valence-corrected chi connectivity index (χ0v) is 13.4. The van der Waals surface area contributed by atoms with Gasteiger partial charge in [0.1, 0.15) is 5.75 Å². The topological polar surface area (TPSA) is 66.8 Å². The maximum Gasteiger partial charge on any atom is 0.264 e. The molecule has 2 rings (SSSR count). The Hall–Kier alpha value is -2.05. The molecule has 0 saturated heterocycles. The Morgan fingerprint density at radius 1 is 1.14 bits per heavy atom. The van der Waals surface area contributed by atoms with E-state index in [1.807, 2.05) is 6.07 Å². The number of ether oxygens (including phenoxy) is 1. The number of hydrogen-bond donors (Lipinski definition) is 1. The average Bonchev–Trinajstić information content (AvgIpc) is 2.50. The molecule has 0 saturated carbocycles. The van der Waals surface area contributed by atoms with Crippen LogP contribution in [0.15, 0.2) is 53.4 Å². The molecular formula is C16H19NO4S. The molecule has 0 aliphatic carbocycles. The van der Waals surface area contributed by atoms with Crippen LogP contribution in [0.4, 0.5) is 5.69 Å². The van der Waals surface area contributed by atoms with Gasteiger partial charge in [-0.1, -0.05) is 12.1 Å². The van der Waals surface area contributed by atoms with Crippen molar-refractivity contribution in [1.82, 2.24) is 0 Å². The molecule has 2 aromatic carbocycles. The first-order chi connectivity index (χ1) is 10.5. The van der Waals surface area contributed by atoms with Crippen LogP contribution in [0.5, 0.6) is 5.75 Å². The van der Waals surface area contributed by atoms with E-state index in [0.717, 1.165) is 5.56 Å². The molecule has 0 aliphatic rings. The summed E-state index contributed by atoms with van der Waals surface area (Å²) in [6.45, 7) is 2.42. The summed E-state index contributed by atoms with van der Waals surface area (Å²) >= 11 is 0. The standard InChI is InChI=1S/C16H19NO4S/c1-3-17(14-7-9-15(18)10-8-14)22(19,20)16-6-4-5-13(11-16)12-21-2/h4-11,18H,3,12H2,1-2H3. The van der Waals surface area contributed by atoms with Gasteiger partial charge in [-0.3, -0.25) is 4.31 Å². The monoisotopic (exact) mass is 321 g/mol. The van der Waals surface area contributed by atoms with Crippen molar-refractivity contribution in [3.05, 3.63) is 54.1 Å². The first-order valence-corrected chi connectivity index (χ1v) is 8.32. The Balaban J connectivity index is 2.42. The van der Waals surface area contributed by atoms with E-state index in [9.17, 15) is 13.5 Å². The fourth-order valence-electron chi connectivity index (χ4n) is 2.20. The number of anilines is 1. The van der Waals surface area contributed by atoms with Crippen LogP contribution in [0, 0.1) is 0 Å². The van der Waals surface area contributed by atoms with E-state index in [2.05, 4.69) is 0 Å². The minimum absolute atomic E-state index is 0.0966. The average molecular weight is 321 g/mol. The Kier molecular flexibility index (Phi) is 5.05. The van der Waals surface area contributed by atoms with Crippen LogP contribution in [-0.2, 0) is 21.4 Å². The van der Waals surface area contributed by atoms with Crippen LogP contribution in [0.25, 0.3) is 0 Å². The van der Waals surface area contributed by atoms with Gasteiger partial charge in [0.15, 0.2) is 0 Å². The normalized spacial score (nSPS) is 11.4. The Labute approximate surface area is 130 Å². The van der Waals surface area contributed by atoms with Crippen molar-refractivity contribution in [2.24, 2.45) is 0 Å². The fourth-order valence-corrected chi connectivity index (χ4v) is 3.74. The van der Waals surface area contributed by atoms with Gasteiger partial charge in [-0.05, 0) is 48.9 Å². The Morgan fingerprint density at radius 3 is 2.41 bits per heavy atom. The molecule has 0 aliphatic heterocycles. The van der Waals surface area contributed by atoms with Crippen molar-refractivity contribution in [1.29, 1.82) is 0 Å². The second-order valence-electron chi connectivity index (χ2n) is 4.77. The number of methoxy groups -OCH3 is 1. The van der Waals surface area contributed by atoms with Crippen LogP contribution in [0.2, 0.25) is 0 Å². The molecule has 0 radical (unpaired) electrons. The lowest BCUT2D eigenvalue weighted by molar-refractivity contribution is 0.184. The summed E-state index contributed by atoms with van der Waals surface area (Å²) in [5.74, 6) is 0.0966. The molecule has 0 heterocycles. The molecule has 0 spiro atoms. The summed E-state index contributed by atoms with van der Waals surface area (Å²) in [5.41, 5.74) is 1.31. The maximum absolute atomic E-state index is 12.8. The zero-order chi connectivity index (χ0) is 16.2. The number of nitrogens with zero attached hydrogens (tertiary/aromatic N) is 1. The second-order valence-corrected chi connectivity index (χ2v) is 6.63. The minimum Gasteiger partial charge on any atom is -0.508 e. The Morgan fingerprint density at radius 2 is 1.82 bits per heavy atom. The summed E-state index contributed by atoms with van der Waals surface area (Å²) in [6, 6.07) is 12.8. The lowest BCUT2D eigenvalue weighted by Crippen LogP contribution is -2.30. The van der Waals surface area contributed by atoms with E-state index in [-0.39, 0.29) is 10.6 Å². The molecule has 1 N–H and O–H groups in total. The van der Waals surface area contributed by atoms with Crippen molar-refractivity contribution in [3.8, 4) is 5.75 Å². The van der Waals surface area contributed by atoms with E-state index in [1.165, 1.54) is 16.4 Å². The van der Waals surface area contributed by atoms with E-state index >= 15 is 0 Å². The van der Waals surface area contributed by atoms with Gasteiger partial charge in [0.25, 0.3) is 10.0 Å². The smallest absolute Gasteiger partial charge is 0.264 e. The number of hydrogen-bond acceptors (Lipinski definition) is 4. The molecule has 0 fully saturated rings. The number of phenolic OH excluding ortho intramolecular Hbond substituents is 1. The lowest BCUT2D eigenvalue weighted by atomic mass is 10.2. The third-order valence-corrected chi connectivity index (χ3v) is 5.12. The van der Waals surface area contributed by atoms with Crippen LogP contribution in [0.1, 0.15) is 12.5 Å². The van der Waals surface area contributed by atoms with Crippen molar-refractivity contribution in [3.63, 3.8) is 0 Å². The highest BCUT2D eigenvalue weighted by Gasteiger charge is 2.23. The summed E-state index contributed by atoms with van der Waals surface area (Å²) in [4.78, 5) is 0.219. The van der Waals surface area contributed by atoms with E-state index in [0.29, 0.717) is 18.8 Å². The Bertz CT molecular complexity index is 726. The molecule has 0 unspecified atom stereocenters. The van der Waals surface area contributed by atoms with Gasteiger partial charge >= 0.3 is 0 Å². The number of phenols is 1. The van der Waals surface area contributed by atoms with Crippen molar-refractivity contribution in [2.45, 2.75) is 18.4 Å². The molecule has 22 heavy (non-hydrogen) atoms. The number of rotatable bonds is 6. The summed E-state index contributed by atoms with van der Waals surface area (Å²) in [5, 5.41) is 9.34. The van der Waals surface area contributed by atoms with Gasteiger partial charge < -0.3 is 9.84 Å². The van der Waals surface area contributed by atoms with Crippen molar-refractivity contribution < 1.29 is 18.3 Å². The molecule has 2 aromatic rings. The van der Waals surface area contributed by atoms with Crippen LogP contribution >= 0.6 is 0 Å². The van der Waals surface area contributed by atoms with Crippen LogP contribution < -0.4 is 4.31 Å². The molecule has 6 heteroatoms. The van der Waals surface area contributed by atoms with E-state index in [1.54, 1.807) is 44.4 Å². The highest BCUT2D eigenvalue weighted by Crippen LogP contribution is 2.25. The van der Waals surface area contributed by atoms with Gasteiger partial charge in [-0.2, -0.15) is 0 Å². The number of aromatic hydroxyl groups is 1. The van der Waals surface area contributed by atoms with E-state index in [4.69, 9.17) is 4.74 Å².